The summed E-state index contributed by atoms with van der Waals surface area (Å²) in [5, 5.41) is 2.55. The van der Waals surface area contributed by atoms with Crippen LogP contribution in [0.2, 0.25) is 0 Å². The summed E-state index contributed by atoms with van der Waals surface area (Å²) < 4.78 is 15.0. The van der Waals surface area contributed by atoms with Crippen molar-refractivity contribution < 1.29 is 9.18 Å². The molecule has 0 aliphatic carbocycles. The number of carbonyl (C=O) groups is 1. The van der Waals surface area contributed by atoms with Crippen molar-refractivity contribution in [2.24, 2.45) is 0 Å². The summed E-state index contributed by atoms with van der Waals surface area (Å²) in [5.74, 6) is -1.17. The van der Waals surface area contributed by atoms with Gasteiger partial charge in [0.25, 0.3) is 11.5 Å². The van der Waals surface area contributed by atoms with E-state index in [1.54, 1.807) is 6.07 Å². The highest BCUT2D eigenvalue weighted by molar-refractivity contribution is 6.05. The molecular weight excluding hydrogens is 327 g/mol. The molecule has 0 atom stereocenters. The van der Waals surface area contributed by atoms with Gasteiger partial charge in [0.05, 0.1) is 16.6 Å². The van der Waals surface area contributed by atoms with Crippen molar-refractivity contribution in [1.82, 2.24) is 14.5 Å². The summed E-state index contributed by atoms with van der Waals surface area (Å²) in [6.45, 7) is 2.28. The molecule has 1 amide bonds. The minimum absolute atomic E-state index is 0.0254. The number of pyridine rings is 1. The predicted octanol–water partition coefficient (Wildman–Crippen LogP) is 1.89. The van der Waals surface area contributed by atoms with Gasteiger partial charge in [-0.2, -0.15) is 0 Å². The first-order valence-electron chi connectivity index (χ1n) is 7.70. The number of nitrogens with zero attached hydrogens (tertiary/aromatic N) is 2. The van der Waals surface area contributed by atoms with Gasteiger partial charge in [0, 0.05) is 12.7 Å². The summed E-state index contributed by atoms with van der Waals surface area (Å²) in [6, 6.07) is 7.08. The van der Waals surface area contributed by atoms with Crippen LogP contribution >= 0.6 is 0 Å². The number of H-pyrrole nitrogens is 1. The van der Waals surface area contributed by atoms with Crippen molar-refractivity contribution in [2.45, 2.75) is 19.9 Å². The second kappa shape index (κ2) is 6.68. The third kappa shape index (κ3) is 3.18. The number of amides is 1. The maximum atomic E-state index is 13.6. The number of nitrogens with one attached hydrogen (secondary N) is 2. The molecular formula is C17H15FN4O3. The van der Waals surface area contributed by atoms with Crippen LogP contribution in [0.5, 0.6) is 0 Å². The molecule has 128 valence electrons. The van der Waals surface area contributed by atoms with Crippen molar-refractivity contribution in [2.75, 3.05) is 5.32 Å². The topological polar surface area (TPSA) is 96.9 Å². The average Bonchev–Trinajstić information content (AvgIpc) is 2.60. The minimum atomic E-state index is -0.625. The summed E-state index contributed by atoms with van der Waals surface area (Å²) in [4.78, 5) is 42.5. The highest BCUT2D eigenvalue weighted by Crippen LogP contribution is 2.15. The molecule has 8 heteroatoms. The summed E-state index contributed by atoms with van der Waals surface area (Å²) in [6.07, 6.45) is 1.93. The first kappa shape index (κ1) is 16.6. The van der Waals surface area contributed by atoms with E-state index in [9.17, 15) is 18.8 Å². The van der Waals surface area contributed by atoms with Crippen molar-refractivity contribution in [3.63, 3.8) is 0 Å². The van der Waals surface area contributed by atoms with E-state index in [2.05, 4.69) is 15.3 Å². The molecule has 0 aliphatic rings. The molecule has 0 saturated heterocycles. The molecule has 2 N–H and O–H groups in total. The van der Waals surface area contributed by atoms with Crippen LogP contribution in [0, 0.1) is 5.82 Å². The maximum Gasteiger partial charge on any atom is 0.329 e. The fourth-order valence-corrected chi connectivity index (χ4v) is 2.48. The van der Waals surface area contributed by atoms with Crippen molar-refractivity contribution in [3.05, 3.63) is 68.7 Å². The lowest BCUT2D eigenvalue weighted by atomic mass is 10.2. The highest BCUT2D eigenvalue weighted by atomic mass is 19.1. The van der Waals surface area contributed by atoms with Crippen LogP contribution in [-0.2, 0) is 6.54 Å². The molecule has 0 unspecified atom stereocenters. The molecule has 3 aromatic rings. The Bertz CT molecular complexity index is 1070. The van der Waals surface area contributed by atoms with Gasteiger partial charge in [-0.3, -0.25) is 19.1 Å². The van der Waals surface area contributed by atoms with Crippen LogP contribution in [0.4, 0.5) is 10.1 Å². The van der Waals surface area contributed by atoms with E-state index in [0.717, 1.165) is 0 Å². The van der Waals surface area contributed by atoms with E-state index in [1.165, 1.54) is 35.0 Å². The molecule has 1 aromatic carbocycles. The zero-order valence-electron chi connectivity index (χ0n) is 13.4. The first-order chi connectivity index (χ1) is 12.0. The standard InChI is InChI=1S/C17H15FN4O3/c1-2-7-22-14-11(16(24)21-17(22)25)8-10(9-19-14)15(23)20-13-6-4-3-5-12(13)18/h3-6,8-9H,2,7H2,1H3,(H,20,23)(H,21,24,25). The smallest absolute Gasteiger partial charge is 0.319 e. The number of aryl methyl sites for hydroxylation is 1. The Kier molecular flexibility index (Phi) is 4.42. The zero-order valence-corrected chi connectivity index (χ0v) is 13.4. The Morgan fingerprint density at radius 3 is 2.80 bits per heavy atom. The number of para-hydroxylation sites is 1. The molecule has 3 rings (SSSR count). The van der Waals surface area contributed by atoms with Crippen LogP contribution in [0.15, 0.2) is 46.1 Å². The van der Waals surface area contributed by atoms with Gasteiger partial charge < -0.3 is 5.32 Å². The van der Waals surface area contributed by atoms with Gasteiger partial charge in [0.15, 0.2) is 0 Å². The average molecular weight is 342 g/mol. The number of benzene rings is 1. The van der Waals surface area contributed by atoms with E-state index < -0.39 is 23.0 Å². The lowest BCUT2D eigenvalue weighted by molar-refractivity contribution is 0.102. The van der Waals surface area contributed by atoms with Crippen LogP contribution in [0.25, 0.3) is 11.0 Å². The Balaban J connectivity index is 2.04. The Hall–Kier alpha value is -3.29. The molecule has 2 aromatic heterocycles. The predicted molar refractivity (Wildman–Crippen MR) is 91.3 cm³/mol. The normalized spacial score (nSPS) is 10.8. The molecule has 7 nitrogen and oxygen atoms in total. The van der Waals surface area contributed by atoms with Gasteiger partial charge >= 0.3 is 5.69 Å². The van der Waals surface area contributed by atoms with Gasteiger partial charge in [-0.15, -0.1) is 0 Å². The Morgan fingerprint density at radius 2 is 2.08 bits per heavy atom. The van der Waals surface area contributed by atoms with Crippen LogP contribution in [-0.4, -0.2) is 20.4 Å². The molecule has 0 spiro atoms. The third-order valence-electron chi connectivity index (χ3n) is 3.66. The fraction of sp³-hybridized carbons (Fsp3) is 0.176. The first-order valence-corrected chi connectivity index (χ1v) is 7.70. The number of hydrogen-bond acceptors (Lipinski definition) is 4. The van der Waals surface area contributed by atoms with E-state index in [-0.39, 0.29) is 22.3 Å². The van der Waals surface area contributed by atoms with E-state index in [4.69, 9.17) is 0 Å². The number of aromatic amines is 1. The monoisotopic (exact) mass is 342 g/mol. The second-order valence-electron chi connectivity index (χ2n) is 5.44. The van der Waals surface area contributed by atoms with Crippen LogP contribution in [0.1, 0.15) is 23.7 Å². The van der Waals surface area contributed by atoms with E-state index in [1.807, 2.05) is 6.92 Å². The molecule has 0 aliphatic heterocycles. The SMILES string of the molecule is CCCn1c(=O)[nH]c(=O)c2cc(C(=O)Nc3ccccc3F)cnc21. The summed E-state index contributed by atoms with van der Waals surface area (Å²) >= 11 is 0. The minimum Gasteiger partial charge on any atom is -0.319 e. The number of fused-ring (bicyclic) bond motifs is 1. The molecule has 0 fully saturated rings. The number of anilines is 1. The lowest BCUT2D eigenvalue weighted by Gasteiger charge is -2.09. The van der Waals surface area contributed by atoms with Crippen molar-refractivity contribution in [3.8, 4) is 0 Å². The molecule has 2 heterocycles. The number of aromatic nitrogens is 3. The van der Waals surface area contributed by atoms with Crippen LogP contribution in [0.3, 0.4) is 0 Å². The molecule has 0 saturated carbocycles. The Morgan fingerprint density at radius 1 is 1.32 bits per heavy atom. The zero-order chi connectivity index (χ0) is 18.0. The molecule has 25 heavy (non-hydrogen) atoms. The summed E-state index contributed by atoms with van der Waals surface area (Å²) in [5.41, 5.74) is -0.853. The number of hydrogen-bond donors (Lipinski definition) is 2. The maximum absolute atomic E-state index is 13.6. The van der Waals surface area contributed by atoms with Crippen LogP contribution < -0.4 is 16.6 Å². The van der Waals surface area contributed by atoms with E-state index in [0.29, 0.717) is 13.0 Å². The van der Waals surface area contributed by atoms with Crippen molar-refractivity contribution in [1.29, 1.82) is 0 Å². The van der Waals surface area contributed by atoms with Gasteiger partial charge in [0.2, 0.25) is 0 Å². The fourth-order valence-electron chi connectivity index (χ4n) is 2.48. The quantitative estimate of drug-likeness (QED) is 0.756. The Labute approximate surface area is 141 Å². The highest BCUT2D eigenvalue weighted by Gasteiger charge is 2.14. The number of carbonyl (C=O) groups excluding carboxylic acids is 1. The van der Waals surface area contributed by atoms with Gasteiger partial charge in [0.1, 0.15) is 11.5 Å². The number of halogens is 1. The molecule has 0 radical (unpaired) electrons. The van der Waals surface area contributed by atoms with E-state index >= 15 is 0 Å². The summed E-state index contributed by atoms with van der Waals surface area (Å²) in [7, 11) is 0. The van der Waals surface area contributed by atoms with Gasteiger partial charge in [-0.05, 0) is 24.6 Å². The second-order valence-corrected chi connectivity index (χ2v) is 5.44. The van der Waals surface area contributed by atoms with Gasteiger partial charge in [-0.25, -0.2) is 14.2 Å². The van der Waals surface area contributed by atoms with Crippen molar-refractivity contribution >= 4 is 22.6 Å². The lowest BCUT2D eigenvalue weighted by Crippen LogP contribution is -2.31. The third-order valence-corrected chi connectivity index (χ3v) is 3.66. The van der Waals surface area contributed by atoms with Gasteiger partial charge in [-0.1, -0.05) is 19.1 Å². The molecule has 0 bridgehead atoms. The number of rotatable bonds is 4. The largest absolute Gasteiger partial charge is 0.329 e.